The lowest BCUT2D eigenvalue weighted by Gasteiger charge is -2.18. The highest BCUT2D eigenvalue weighted by Gasteiger charge is 2.25. The van der Waals surface area contributed by atoms with Crippen LogP contribution in [-0.2, 0) is 19.4 Å². The Balaban J connectivity index is 1.81. The average Bonchev–Trinajstić information content (AvgIpc) is 3.02. The van der Waals surface area contributed by atoms with Crippen molar-refractivity contribution in [3.8, 4) is 0 Å². The Morgan fingerprint density at radius 1 is 1.52 bits per heavy atom. The second-order valence-corrected chi connectivity index (χ2v) is 9.57. The summed E-state index contributed by atoms with van der Waals surface area (Å²) in [6.07, 6.45) is 8.61. The van der Waals surface area contributed by atoms with Crippen LogP contribution < -0.4 is 5.56 Å². The number of fused-ring (bicyclic) bond motifs is 3. The molecule has 140 valence electrons. The summed E-state index contributed by atoms with van der Waals surface area (Å²) >= 11 is 3.32. The minimum absolute atomic E-state index is 0.0767. The Bertz CT molecular complexity index is 1040. The van der Waals surface area contributed by atoms with Crippen LogP contribution in [0.5, 0.6) is 0 Å². The molecular weight excluding hydrogens is 374 g/mol. The van der Waals surface area contributed by atoms with E-state index < -0.39 is 0 Å². The summed E-state index contributed by atoms with van der Waals surface area (Å²) in [6.45, 7) is 8.72. The topological polar surface area (TPSA) is 47.8 Å². The first kappa shape index (κ1) is 18.4. The van der Waals surface area contributed by atoms with Crippen LogP contribution in [0.3, 0.4) is 0 Å². The summed E-state index contributed by atoms with van der Waals surface area (Å²) in [5, 5.41) is 1.76. The molecule has 2 atom stereocenters. The van der Waals surface area contributed by atoms with E-state index >= 15 is 0 Å². The molecule has 1 aliphatic rings. The van der Waals surface area contributed by atoms with Crippen molar-refractivity contribution in [2.45, 2.75) is 50.1 Å². The van der Waals surface area contributed by atoms with E-state index in [4.69, 9.17) is 4.98 Å². The van der Waals surface area contributed by atoms with Crippen molar-refractivity contribution in [1.29, 1.82) is 0 Å². The number of hydrogen-bond donors (Lipinski definition) is 0. The second-order valence-electron chi connectivity index (χ2n) is 7.18. The summed E-state index contributed by atoms with van der Waals surface area (Å²) in [5.41, 5.74) is 2.44. The summed E-state index contributed by atoms with van der Waals surface area (Å²) < 4.78 is 1.78. The van der Waals surface area contributed by atoms with Gasteiger partial charge in [0.2, 0.25) is 0 Å². The van der Waals surface area contributed by atoms with Crippen molar-refractivity contribution in [2.24, 2.45) is 5.92 Å². The second kappa shape index (κ2) is 7.60. The van der Waals surface area contributed by atoms with Gasteiger partial charge in [-0.25, -0.2) is 4.98 Å². The highest BCUT2D eigenvalue weighted by molar-refractivity contribution is 7.99. The number of aromatic nitrogens is 3. The molecule has 0 radical (unpaired) electrons. The fraction of sp³-hybridized carbons (Fsp3) is 0.381. The lowest BCUT2D eigenvalue weighted by atomic mass is 9.89. The molecule has 0 fully saturated rings. The zero-order valence-electron chi connectivity index (χ0n) is 15.6. The summed E-state index contributed by atoms with van der Waals surface area (Å²) in [5.74, 6) is 0.681. The van der Waals surface area contributed by atoms with Gasteiger partial charge in [0, 0.05) is 29.1 Å². The van der Waals surface area contributed by atoms with Crippen molar-refractivity contribution in [3.05, 3.63) is 63.5 Å². The third kappa shape index (κ3) is 3.48. The molecule has 0 spiro atoms. The summed E-state index contributed by atoms with van der Waals surface area (Å²) in [4.78, 5) is 24.7. The van der Waals surface area contributed by atoms with E-state index in [0.717, 1.165) is 40.2 Å². The molecule has 3 aromatic rings. The van der Waals surface area contributed by atoms with Gasteiger partial charge in [0.15, 0.2) is 5.16 Å². The van der Waals surface area contributed by atoms with E-state index in [1.807, 2.05) is 12.3 Å². The van der Waals surface area contributed by atoms with Gasteiger partial charge < -0.3 is 0 Å². The van der Waals surface area contributed by atoms with Crippen molar-refractivity contribution in [2.75, 3.05) is 0 Å². The molecule has 0 saturated carbocycles. The average molecular weight is 398 g/mol. The van der Waals surface area contributed by atoms with Crippen LogP contribution in [0.4, 0.5) is 0 Å². The van der Waals surface area contributed by atoms with E-state index in [0.29, 0.717) is 12.5 Å². The fourth-order valence-electron chi connectivity index (χ4n) is 3.63. The molecule has 3 aromatic heterocycles. The Kier molecular flexibility index (Phi) is 5.19. The minimum atomic E-state index is 0.0767. The van der Waals surface area contributed by atoms with Crippen LogP contribution in [0.1, 0.15) is 41.5 Å². The van der Waals surface area contributed by atoms with E-state index in [2.05, 4.69) is 31.5 Å². The number of aryl methyl sites for hydroxylation is 1. The first-order valence-electron chi connectivity index (χ1n) is 9.31. The van der Waals surface area contributed by atoms with Crippen molar-refractivity contribution in [3.63, 3.8) is 0 Å². The molecule has 4 rings (SSSR count). The van der Waals surface area contributed by atoms with Crippen LogP contribution in [0, 0.1) is 5.92 Å². The van der Waals surface area contributed by atoms with Gasteiger partial charge in [-0.15, -0.1) is 17.9 Å². The van der Waals surface area contributed by atoms with Gasteiger partial charge in [0.25, 0.3) is 5.56 Å². The maximum Gasteiger partial charge on any atom is 0.263 e. The van der Waals surface area contributed by atoms with Gasteiger partial charge in [-0.05, 0) is 49.3 Å². The van der Waals surface area contributed by atoms with E-state index in [9.17, 15) is 4.79 Å². The van der Waals surface area contributed by atoms with Crippen LogP contribution in [0.15, 0.2) is 47.1 Å². The third-order valence-corrected chi connectivity index (χ3v) is 7.42. The molecule has 1 aliphatic carbocycles. The molecule has 0 aliphatic heterocycles. The highest BCUT2D eigenvalue weighted by atomic mass is 32.2. The number of thioether (sulfide) groups is 1. The number of hydrogen-bond acceptors (Lipinski definition) is 5. The Hall–Kier alpha value is -1.92. The first-order chi connectivity index (χ1) is 13.1. The first-order valence-corrected chi connectivity index (χ1v) is 11.0. The molecule has 27 heavy (non-hydrogen) atoms. The molecule has 0 N–H and O–H groups in total. The Morgan fingerprint density at radius 3 is 3.11 bits per heavy atom. The van der Waals surface area contributed by atoms with Gasteiger partial charge in [-0.3, -0.25) is 14.3 Å². The number of nitrogens with zero attached hydrogens (tertiary/aromatic N) is 3. The highest BCUT2D eigenvalue weighted by Crippen LogP contribution is 2.38. The number of allylic oxidation sites excluding steroid dienone is 1. The fourth-order valence-corrected chi connectivity index (χ4v) is 6.08. The lowest BCUT2D eigenvalue weighted by molar-refractivity contribution is 0.509. The monoisotopic (exact) mass is 397 g/mol. The van der Waals surface area contributed by atoms with Crippen molar-refractivity contribution < 1.29 is 0 Å². The molecule has 0 saturated heterocycles. The van der Waals surface area contributed by atoms with Crippen LogP contribution in [-0.4, -0.2) is 14.5 Å². The van der Waals surface area contributed by atoms with Crippen molar-refractivity contribution in [1.82, 2.24) is 14.5 Å². The molecular formula is C21H23N3OS2. The molecule has 0 aromatic carbocycles. The summed E-state index contributed by atoms with van der Waals surface area (Å²) in [6, 6.07) is 4.00. The van der Waals surface area contributed by atoms with Gasteiger partial charge in [0.1, 0.15) is 4.83 Å². The standard InChI is InChI=1S/C21H23N3OS2/c1-4-10-24-20(25)18-16-8-7-13(2)11-17(16)27-19(18)23-21(24)26-14(3)15-6-5-9-22-12-15/h4-6,9,12-14H,1,7-8,10-11H2,2-3H3/t13-,14-/m1/s1. The largest absolute Gasteiger partial charge is 0.283 e. The van der Waals surface area contributed by atoms with Crippen LogP contribution in [0.25, 0.3) is 10.2 Å². The summed E-state index contributed by atoms with van der Waals surface area (Å²) in [7, 11) is 0. The van der Waals surface area contributed by atoms with Crippen molar-refractivity contribution >= 4 is 33.3 Å². The molecule has 0 bridgehead atoms. The zero-order chi connectivity index (χ0) is 19.0. The zero-order valence-corrected chi connectivity index (χ0v) is 17.3. The molecule has 6 heteroatoms. The Morgan fingerprint density at radius 2 is 2.37 bits per heavy atom. The molecule has 3 heterocycles. The SMILES string of the molecule is C=CCn1c(S[C@H](C)c2cccnc2)nc2sc3c(c2c1=O)CC[C@@H](C)C3. The van der Waals surface area contributed by atoms with Gasteiger partial charge in [-0.2, -0.15) is 0 Å². The quantitative estimate of drug-likeness (QED) is 0.345. The molecule has 0 amide bonds. The van der Waals surface area contributed by atoms with Crippen LogP contribution >= 0.6 is 23.1 Å². The number of rotatable bonds is 5. The van der Waals surface area contributed by atoms with Gasteiger partial charge in [-0.1, -0.05) is 30.8 Å². The molecule has 0 unspecified atom stereocenters. The lowest BCUT2D eigenvalue weighted by Crippen LogP contribution is -2.23. The third-order valence-electron chi connectivity index (χ3n) is 5.13. The van der Waals surface area contributed by atoms with E-state index in [1.54, 1.807) is 39.9 Å². The van der Waals surface area contributed by atoms with Crippen LogP contribution in [0.2, 0.25) is 0 Å². The maximum atomic E-state index is 13.3. The smallest absolute Gasteiger partial charge is 0.263 e. The van der Waals surface area contributed by atoms with Gasteiger partial charge in [0.05, 0.1) is 5.39 Å². The van der Waals surface area contributed by atoms with E-state index in [-0.39, 0.29) is 10.8 Å². The van der Waals surface area contributed by atoms with Gasteiger partial charge >= 0.3 is 0 Å². The Labute approximate surface area is 167 Å². The predicted molar refractivity (Wildman–Crippen MR) is 114 cm³/mol. The normalized spacial score (nSPS) is 17.6. The van der Waals surface area contributed by atoms with E-state index in [1.165, 1.54) is 10.4 Å². The predicted octanol–water partition coefficient (Wildman–Crippen LogP) is 5.02. The number of thiophene rings is 1. The minimum Gasteiger partial charge on any atom is -0.283 e. The maximum absolute atomic E-state index is 13.3. The number of pyridine rings is 1. The molecule has 4 nitrogen and oxygen atoms in total.